The molecule has 0 heterocycles. The fourth-order valence-electron chi connectivity index (χ4n) is 4.14. The van der Waals surface area contributed by atoms with Gasteiger partial charge in [-0.05, 0) is 38.5 Å². The number of sulfonamides is 2. The summed E-state index contributed by atoms with van der Waals surface area (Å²) in [6, 6.07) is 0. The number of hydrogen-bond donors (Lipinski definition) is 2. The first-order valence-electron chi connectivity index (χ1n) is 12.2. The summed E-state index contributed by atoms with van der Waals surface area (Å²) >= 11 is 0. The zero-order valence-electron chi connectivity index (χ0n) is 19.7. The molecular formula is C22H38N2O8S2. The van der Waals surface area contributed by atoms with Gasteiger partial charge in [0.05, 0.1) is 23.7 Å². The fourth-order valence-corrected chi connectivity index (χ4v) is 7.37. The van der Waals surface area contributed by atoms with Crippen molar-refractivity contribution in [3.05, 3.63) is 12.2 Å². The predicted molar refractivity (Wildman–Crippen MR) is 128 cm³/mol. The van der Waals surface area contributed by atoms with E-state index < -0.39 is 32.0 Å². The summed E-state index contributed by atoms with van der Waals surface area (Å²) in [5.41, 5.74) is 0. The van der Waals surface area contributed by atoms with Crippen LogP contribution in [0.1, 0.15) is 77.0 Å². The maximum absolute atomic E-state index is 12.2. The van der Waals surface area contributed by atoms with Crippen LogP contribution in [0.25, 0.3) is 0 Å². The quantitative estimate of drug-likeness (QED) is 0.200. The number of nitrogens with one attached hydrogen (secondary N) is 2. The van der Waals surface area contributed by atoms with Crippen molar-refractivity contribution in [2.24, 2.45) is 0 Å². The summed E-state index contributed by atoms with van der Waals surface area (Å²) < 4.78 is 63.8. The Kier molecular flexibility index (Phi) is 12.5. The molecule has 196 valence electrons. The zero-order chi connectivity index (χ0) is 24.9. The Labute approximate surface area is 203 Å². The van der Waals surface area contributed by atoms with Crippen LogP contribution in [0.15, 0.2) is 12.2 Å². The zero-order valence-corrected chi connectivity index (χ0v) is 21.3. The molecule has 0 aromatic carbocycles. The van der Waals surface area contributed by atoms with E-state index in [0.29, 0.717) is 38.5 Å². The molecule has 2 saturated carbocycles. The molecular weight excluding hydrogens is 484 g/mol. The van der Waals surface area contributed by atoms with E-state index in [1.807, 2.05) is 0 Å². The molecule has 2 rings (SSSR count). The summed E-state index contributed by atoms with van der Waals surface area (Å²) in [5, 5.41) is -0.676. The smallest absolute Gasteiger partial charge is 0.331 e. The van der Waals surface area contributed by atoms with E-state index in [-0.39, 0.29) is 36.8 Å². The Morgan fingerprint density at radius 2 is 1.00 bits per heavy atom. The van der Waals surface area contributed by atoms with Crippen molar-refractivity contribution in [3.63, 3.8) is 0 Å². The third-order valence-electron chi connectivity index (χ3n) is 6.07. The Morgan fingerprint density at radius 3 is 1.35 bits per heavy atom. The largest absolute Gasteiger partial charge is 0.462 e. The van der Waals surface area contributed by atoms with Crippen LogP contribution in [0, 0.1) is 0 Å². The van der Waals surface area contributed by atoms with E-state index in [1.165, 1.54) is 0 Å². The van der Waals surface area contributed by atoms with Gasteiger partial charge in [-0.2, -0.15) is 0 Å². The van der Waals surface area contributed by atoms with Gasteiger partial charge in [0, 0.05) is 25.2 Å². The van der Waals surface area contributed by atoms with Gasteiger partial charge in [-0.3, -0.25) is 0 Å². The molecule has 2 fully saturated rings. The number of carbonyl (C=O) groups excluding carboxylic acids is 2. The third kappa shape index (κ3) is 10.8. The lowest BCUT2D eigenvalue weighted by molar-refractivity contribution is -0.140. The highest BCUT2D eigenvalue weighted by atomic mass is 32.2. The molecule has 0 radical (unpaired) electrons. The second kappa shape index (κ2) is 14.8. The summed E-state index contributed by atoms with van der Waals surface area (Å²) in [6.45, 7) is 0.407. The standard InChI is InChI=1S/C22H38N2O8S2/c25-21(31-17-7-15-23-33(27,28)19-9-3-1-4-10-19)13-14-22(26)32-18-8-16-24-34(29,30)20-11-5-2-6-12-20/h13-14,19-20,23-24H,1-12,15-18H2/b14-13+. The van der Waals surface area contributed by atoms with E-state index in [0.717, 1.165) is 50.7 Å². The van der Waals surface area contributed by atoms with Gasteiger partial charge in [-0.15, -0.1) is 0 Å². The minimum atomic E-state index is -3.34. The molecule has 0 saturated heterocycles. The topological polar surface area (TPSA) is 145 Å². The highest BCUT2D eigenvalue weighted by molar-refractivity contribution is 7.90. The lowest BCUT2D eigenvalue weighted by atomic mass is 10.0. The highest BCUT2D eigenvalue weighted by Crippen LogP contribution is 2.23. The first kappa shape index (κ1) is 28.7. The molecule has 0 bridgehead atoms. The molecule has 0 amide bonds. The molecule has 0 atom stereocenters. The molecule has 0 aromatic rings. The first-order valence-corrected chi connectivity index (χ1v) is 15.3. The number of rotatable bonds is 14. The van der Waals surface area contributed by atoms with Crippen molar-refractivity contribution in [3.8, 4) is 0 Å². The van der Waals surface area contributed by atoms with Crippen molar-refractivity contribution in [2.45, 2.75) is 87.5 Å². The van der Waals surface area contributed by atoms with Gasteiger partial charge >= 0.3 is 11.9 Å². The van der Waals surface area contributed by atoms with Gasteiger partial charge in [0.25, 0.3) is 0 Å². The Hall–Kier alpha value is -1.50. The van der Waals surface area contributed by atoms with Gasteiger partial charge < -0.3 is 9.47 Å². The molecule has 12 heteroatoms. The van der Waals surface area contributed by atoms with E-state index in [1.54, 1.807) is 0 Å². The lowest BCUT2D eigenvalue weighted by Gasteiger charge is -2.21. The lowest BCUT2D eigenvalue weighted by Crippen LogP contribution is -2.36. The average molecular weight is 523 g/mol. The second-order valence-electron chi connectivity index (χ2n) is 8.77. The maximum Gasteiger partial charge on any atom is 0.331 e. The fraction of sp³-hybridized carbons (Fsp3) is 0.818. The van der Waals surface area contributed by atoms with Gasteiger partial charge in [0.1, 0.15) is 0 Å². The van der Waals surface area contributed by atoms with Crippen LogP contribution >= 0.6 is 0 Å². The summed E-state index contributed by atoms with van der Waals surface area (Å²) in [6.07, 6.45) is 11.1. The number of carbonyl (C=O) groups is 2. The minimum absolute atomic E-state index is 0.0204. The van der Waals surface area contributed by atoms with Gasteiger partial charge in [-0.1, -0.05) is 38.5 Å². The Bertz CT molecular complexity index is 803. The van der Waals surface area contributed by atoms with Gasteiger partial charge in [-0.25, -0.2) is 35.9 Å². The van der Waals surface area contributed by atoms with E-state index in [4.69, 9.17) is 9.47 Å². The van der Waals surface area contributed by atoms with Crippen molar-refractivity contribution in [1.82, 2.24) is 9.44 Å². The normalized spacial score (nSPS) is 18.7. The van der Waals surface area contributed by atoms with Gasteiger partial charge in [0.2, 0.25) is 20.0 Å². The third-order valence-corrected chi connectivity index (χ3v) is 9.99. The van der Waals surface area contributed by atoms with Gasteiger partial charge in [0.15, 0.2) is 0 Å². The van der Waals surface area contributed by atoms with Crippen LogP contribution in [-0.2, 0) is 39.1 Å². The summed E-state index contributed by atoms with van der Waals surface area (Å²) in [4.78, 5) is 23.3. The molecule has 0 aliphatic heterocycles. The predicted octanol–water partition coefficient (Wildman–Crippen LogP) is 1.91. The molecule has 0 aromatic heterocycles. The first-order chi connectivity index (χ1) is 16.2. The molecule has 2 aliphatic rings. The molecule has 2 N–H and O–H groups in total. The van der Waals surface area contributed by atoms with Crippen molar-refractivity contribution >= 4 is 32.0 Å². The second-order valence-corrected chi connectivity index (χ2v) is 12.9. The maximum atomic E-state index is 12.2. The molecule has 34 heavy (non-hydrogen) atoms. The van der Waals surface area contributed by atoms with Crippen LogP contribution in [0.4, 0.5) is 0 Å². The van der Waals surface area contributed by atoms with Crippen LogP contribution in [0.5, 0.6) is 0 Å². The Morgan fingerprint density at radius 1 is 0.647 bits per heavy atom. The average Bonchev–Trinajstić information content (AvgIpc) is 2.83. The van der Waals surface area contributed by atoms with Crippen molar-refractivity contribution in [1.29, 1.82) is 0 Å². The van der Waals surface area contributed by atoms with Crippen LogP contribution in [-0.4, -0.2) is 65.6 Å². The van der Waals surface area contributed by atoms with E-state index in [9.17, 15) is 26.4 Å². The summed E-state index contributed by atoms with van der Waals surface area (Å²) in [5.74, 6) is -1.46. The molecule has 0 unspecified atom stereocenters. The van der Waals surface area contributed by atoms with E-state index in [2.05, 4.69) is 9.44 Å². The number of esters is 2. The van der Waals surface area contributed by atoms with Crippen molar-refractivity contribution < 1.29 is 35.9 Å². The van der Waals surface area contributed by atoms with Crippen molar-refractivity contribution in [2.75, 3.05) is 26.3 Å². The van der Waals surface area contributed by atoms with E-state index >= 15 is 0 Å². The van der Waals surface area contributed by atoms with Crippen LogP contribution in [0.2, 0.25) is 0 Å². The molecule has 0 spiro atoms. The summed E-state index contributed by atoms with van der Waals surface area (Å²) in [7, 11) is -6.67. The Balaban J connectivity index is 1.51. The van der Waals surface area contributed by atoms with Crippen LogP contribution in [0.3, 0.4) is 0 Å². The minimum Gasteiger partial charge on any atom is -0.462 e. The number of hydrogen-bond acceptors (Lipinski definition) is 8. The highest BCUT2D eigenvalue weighted by Gasteiger charge is 2.27. The van der Waals surface area contributed by atoms with Crippen LogP contribution < -0.4 is 9.44 Å². The molecule has 10 nitrogen and oxygen atoms in total. The molecule has 2 aliphatic carbocycles. The SMILES string of the molecule is O=C(/C=C/C(=O)OCCCNS(=O)(=O)C1CCCCC1)OCCCNS(=O)(=O)C1CCCCC1. The number of ether oxygens (including phenoxy) is 2. The monoisotopic (exact) mass is 522 g/mol.